The van der Waals surface area contributed by atoms with Gasteiger partial charge in [0.2, 0.25) is 0 Å². The Balaban J connectivity index is 2.01. The molecule has 0 aliphatic rings. The van der Waals surface area contributed by atoms with E-state index >= 15 is 0 Å². The lowest BCUT2D eigenvalue weighted by molar-refractivity contribution is 0.473. The van der Waals surface area contributed by atoms with Gasteiger partial charge in [-0.15, -0.1) is 0 Å². The maximum absolute atomic E-state index is 9.71. The Bertz CT molecular complexity index is 616. The highest BCUT2D eigenvalue weighted by atomic mass is 32.2. The van der Waals surface area contributed by atoms with Gasteiger partial charge in [0.05, 0.1) is 0 Å². The standard InChI is InChI=1S/C20H26O3S2/c1-3-5-7-15-13-17(21)9-11-19(15)24-23-25-20-12-10-18(22)14-16(20)8-6-4-2/h9-14,21-22H,3-8H2,1-2H3. The minimum atomic E-state index is 0.295. The van der Waals surface area contributed by atoms with Crippen LogP contribution < -0.4 is 0 Å². The van der Waals surface area contributed by atoms with Crippen molar-refractivity contribution in [1.29, 1.82) is 0 Å². The van der Waals surface area contributed by atoms with E-state index in [-0.39, 0.29) is 0 Å². The quantitative estimate of drug-likeness (QED) is 0.461. The molecule has 0 radical (unpaired) electrons. The van der Waals surface area contributed by atoms with Gasteiger partial charge < -0.3 is 10.2 Å². The molecule has 0 spiro atoms. The molecule has 0 bridgehead atoms. The molecule has 0 atom stereocenters. The zero-order chi connectivity index (χ0) is 18.1. The van der Waals surface area contributed by atoms with Gasteiger partial charge in [0.1, 0.15) is 11.5 Å². The van der Waals surface area contributed by atoms with E-state index in [0.29, 0.717) is 11.5 Å². The van der Waals surface area contributed by atoms with E-state index < -0.39 is 0 Å². The lowest BCUT2D eigenvalue weighted by atomic mass is 10.1. The molecular weight excluding hydrogens is 352 g/mol. The van der Waals surface area contributed by atoms with Crippen LogP contribution in [0.15, 0.2) is 46.2 Å². The number of hydrogen-bond acceptors (Lipinski definition) is 5. The summed E-state index contributed by atoms with van der Waals surface area (Å²) in [5.74, 6) is 0.590. The topological polar surface area (TPSA) is 49.7 Å². The first kappa shape index (κ1) is 20.0. The Kier molecular flexibility index (Phi) is 8.52. The van der Waals surface area contributed by atoms with Gasteiger partial charge in [-0.25, -0.2) is 3.63 Å². The zero-order valence-corrected chi connectivity index (χ0v) is 16.5. The third kappa shape index (κ3) is 6.49. The summed E-state index contributed by atoms with van der Waals surface area (Å²) in [6, 6.07) is 10.8. The van der Waals surface area contributed by atoms with Crippen LogP contribution in [-0.4, -0.2) is 10.2 Å². The Morgan fingerprint density at radius 3 is 1.60 bits per heavy atom. The molecule has 25 heavy (non-hydrogen) atoms. The fourth-order valence-corrected chi connectivity index (χ4v) is 4.02. The third-order valence-corrected chi connectivity index (χ3v) is 5.64. The molecule has 136 valence electrons. The van der Waals surface area contributed by atoms with Crippen LogP contribution in [0.5, 0.6) is 11.5 Å². The van der Waals surface area contributed by atoms with E-state index in [4.69, 9.17) is 3.63 Å². The predicted octanol–water partition coefficient (Wildman–Crippen LogP) is 6.51. The summed E-state index contributed by atoms with van der Waals surface area (Å²) in [5, 5.41) is 19.4. The van der Waals surface area contributed by atoms with Crippen molar-refractivity contribution in [3.05, 3.63) is 47.5 Å². The van der Waals surface area contributed by atoms with Gasteiger partial charge in [-0.2, -0.15) is 0 Å². The summed E-state index contributed by atoms with van der Waals surface area (Å²) in [7, 11) is 0. The minimum absolute atomic E-state index is 0.295. The minimum Gasteiger partial charge on any atom is -0.508 e. The number of phenolic OH excluding ortho intramolecular Hbond substituents is 2. The molecule has 0 unspecified atom stereocenters. The highest BCUT2D eigenvalue weighted by Crippen LogP contribution is 2.36. The van der Waals surface area contributed by atoms with Crippen LogP contribution in [0.2, 0.25) is 0 Å². The van der Waals surface area contributed by atoms with E-state index in [9.17, 15) is 10.2 Å². The normalized spacial score (nSPS) is 11.0. The monoisotopic (exact) mass is 378 g/mol. The smallest absolute Gasteiger partial charge is 0.115 e. The fourth-order valence-electron chi connectivity index (χ4n) is 2.51. The zero-order valence-electron chi connectivity index (χ0n) is 14.8. The van der Waals surface area contributed by atoms with Crippen LogP contribution in [0.25, 0.3) is 0 Å². The first-order valence-corrected chi connectivity index (χ1v) is 10.3. The van der Waals surface area contributed by atoms with Crippen molar-refractivity contribution >= 4 is 24.1 Å². The summed E-state index contributed by atoms with van der Waals surface area (Å²) in [6.07, 6.45) is 6.27. The van der Waals surface area contributed by atoms with Gasteiger partial charge in [0, 0.05) is 33.9 Å². The number of hydrogen-bond donors (Lipinski definition) is 2. The first-order chi connectivity index (χ1) is 12.1. The van der Waals surface area contributed by atoms with E-state index in [1.807, 2.05) is 24.3 Å². The molecule has 0 aromatic heterocycles. The Morgan fingerprint density at radius 1 is 0.760 bits per heavy atom. The van der Waals surface area contributed by atoms with E-state index in [2.05, 4.69) is 13.8 Å². The van der Waals surface area contributed by atoms with Crippen LogP contribution in [0.4, 0.5) is 0 Å². The van der Waals surface area contributed by atoms with Gasteiger partial charge in [0.15, 0.2) is 0 Å². The molecule has 3 nitrogen and oxygen atoms in total. The molecule has 0 fully saturated rings. The molecule has 2 N–H and O–H groups in total. The van der Waals surface area contributed by atoms with Crippen molar-refractivity contribution in [2.45, 2.75) is 62.2 Å². The van der Waals surface area contributed by atoms with Crippen molar-refractivity contribution in [2.24, 2.45) is 0 Å². The van der Waals surface area contributed by atoms with Gasteiger partial charge >= 0.3 is 0 Å². The van der Waals surface area contributed by atoms with Crippen molar-refractivity contribution in [3.8, 4) is 11.5 Å². The number of rotatable bonds is 10. The first-order valence-electron chi connectivity index (χ1n) is 8.79. The average Bonchev–Trinajstić information content (AvgIpc) is 2.61. The van der Waals surface area contributed by atoms with Crippen LogP contribution in [0, 0.1) is 0 Å². The van der Waals surface area contributed by atoms with Gasteiger partial charge in [-0.3, -0.25) is 0 Å². The maximum Gasteiger partial charge on any atom is 0.115 e. The molecule has 2 aromatic rings. The molecule has 0 aliphatic carbocycles. The molecular formula is C20H26O3S2. The number of aromatic hydroxyl groups is 2. The van der Waals surface area contributed by atoms with Crippen molar-refractivity contribution in [1.82, 2.24) is 0 Å². The second kappa shape index (κ2) is 10.6. The Morgan fingerprint density at radius 2 is 1.20 bits per heavy atom. The molecule has 2 aromatic carbocycles. The fraction of sp³-hybridized carbons (Fsp3) is 0.400. The van der Waals surface area contributed by atoms with Crippen molar-refractivity contribution < 1.29 is 13.8 Å². The van der Waals surface area contributed by atoms with Crippen LogP contribution in [0.1, 0.15) is 50.7 Å². The van der Waals surface area contributed by atoms with Gasteiger partial charge in [0.25, 0.3) is 0 Å². The third-order valence-electron chi connectivity index (χ3n) is 3.94. The van der Waals surface area contributed by atoms with Gasteiger partial charge in [-0.1, -0.05) is 26.7 Å². The molecule has 2 rings (SSSR count). The lowest BCUT2D eigenvalue weighted by Crippen LogP contribution is -1.90. The second-order valence-corrected chi connectivity index (χ2v) is 7.78. The summed E-state index contributed by atoms with van der Waals surface area (Å²) >= 11 is 2.65. The Labute approximate surface area is 159 Å². The molecule has 0 amide bonds. The largest absolute Gasteiger partial charge is 0.508 e. The second-order valence-electron chi connectivity index (χ2n) is 6.03. The summed E-state index contributed by atoms with van der Waals surface area (Å²) in [6.45, 7) is 4.31. The maximum atomic E-state index is 9.71. The molecule has 0 aliphatic heterocycles. The molecule has 0 heterocycles. The average molecular weight is 379 g/mol. The van der Waals surface area contributed by atoms with Gasteiger partial charge in [-0.05, 0) is 73.2 Å². The highest BCUT2D eigenvalue weighted by Gasteiger charge is 2.09. The summed E-state index contributed by atoms with van der Waals surface area (Å²) in [4.78, 5) is 2.07. The Hall–Kier alpha value is -1.30. The van der Waals surface area contributed by atoms with E-state index in [1.165, 1.54) is 24.1 Å². The number of benzene rings is 2. The van der Waals surface area contributed by atoms with Crippen molar-refractivity contribution in [3.63, 3.8) is 0 Å². The number of unbranched alkanes of at least 4 members (excludes halogenated alkanes) is 2. The van der Waals surface area contributed by atoms with Crippen LogP contribution in [-0.2, 0) is 16.5 Å². The number of aryl methyl sites for hydroxylation is 2. The number of phenols is 2. The molecule has 0 saturated heterocycles. The van der Waals surface area contributed by atoms with E-state index in [1.54, 1.807) is 12.1 Å². The highest BCUT2D eigenvalue weighted by molar-refractivity contribution is 8.08. The van der Waals surface area contributed by atoms with E-state index in [0.717, 1.165) is 59.4 Å². The van der Waals surface area contributed by atoms with Crippen LogP contribution in [0.3, 0.4) is 0 Å². The molecule has 5 heteroatoms. The lowest BCUT2D eigenvalue weighted by Gasteiger charge is -2.11. The summed E-state index contributed by atoms with van der Waals surface area (Å²) in [5.41, 5.74) is 2.23. The van der Waals surface area contributed by atoms with Crippen LogP contribution >= 0.6 is 24.1 Å². The SMILES string of the molecule is CCCCc1cc(O)ccc1SOSc1ccc(O)cc1CCCC. The molecule has 0 saturated carbocycles. The predicted molar refractivity (Wildman–Crippen MR) is 106 cm³/mol. The summed E-state index contributed by atoms with van der Waals surface area (Å²) < 4.78 is 5.80. The van der Waals surface area contributed by atoms with Crippen molar-refractivity contribution in [2.75, 3.05) is 0 Å².